The summed E-state index contributed by atoms with van der Waals surface area (Å²) in [6.07, 6.45) is 2.49. The van der Waals surface area contributed by atoms with E-state index in [0.717, 1.165) is 55.3 Å². The fourth-order valence-electron chi connectivity index (χ4n) is 3.20. The van der Waals surface area contributed by atoms with Crippen LogP contribution >= 0.6 is 0 Å². The fourth-order valence-corrected chi connectivity index (χ4v) is 3.20. The molecule has 3 rings (SSSR count). The number of rotatable bonds is 4. The van der Waals surface area contributed by atoms with Gasteiger partial charge in [-0.3, -0.25) is 9.69 Å². The van der Waals surface area contributed by atoms with Gasteiger partial charge in [0.05, 0.1) is 7.11 Å². The van der Waals surface area contributed by atoms with Gasteiger partial charge in [-0.2, -0.15) is 0 Å². The minimum atomic E-state index is -0.00878. The maximum atomic E-state index is 14.4. The molecule has 24 heavy (non-hydrogen) atoms. The van der Waals surface area contributed by atoms with Crippen LogP contribution in [0.1, 0.15) is 42.4 Å². The Bertz CT molecular complexity index is 515. The third-order valence-corrected chi connectivity index (χ3v) is 5.05. The molecule has 5 heteroatoms. The van der Waals surface area contributed by atoms with Crippen LogP contribution in [0.5, 0.6) is 0 Å². The van der Waals surface area contributed by atoms with Crippen LogP contribution in [-0.4, -0.2) is 44.7 Å². The standard InChI is InChI=1S/C17H25FN2.C2H4O2/c1-12-3-5-20(6-4-12)11-16-13(2)7-14(8-17(16)18)15-9-19-10-15;1-4-2-3/h7-8,12,15,19H,3-6,9-11H2,1-2H3;2H,1H3. The molecule has 0 amide bonds. The lowest BCUT2D eigenvalue weighted by Crippen LogP contribution is -2.40. The van der Waals surface area contributed by atoms with Crippen molar-refractivity contribution in [1.29, 1.82) is 0 Å². The number of methoxy groups -OCH3 is 1. The number of aryl methyl sites for hydroxylation is 1. The lowest BCUT2D eigenvalue weighted by Gasteiger charge is -2.31. The van der Waals surface area contributed by atoms with Gasteiger partial charge in [-0.05, 0) is 56.0 Å². The van der Waals surface area contributed by atoms with Crippen molar-refractivity contribution in [3.05, 3.63) is 34.6 Å². The largest absolute Gasteiger partial charge is 0.471 e. The van der Waals surface area contributed by atoms with Crippen LogP contribution in [0.4, 0.5) is 4.39 Å². The van der Waals surface area contributed by atoms with Gasteiger partial charge < -0.3 is 10.1 Å². The summed E-state index contributed by atoms with van der Waals surface area (Å²) in [6.45, 7) is 9.70. The normalized spacial score (nSPS) is 19.2. The SMILES string of the molecule is COC=O.Cc1cc(C2CNC2)cc(F)c1CN1CCC(C)CC1. The molecule has 0 aromatic heterocycles. The molecular weight excluding hydrogens is 307 g/mol. The monoisotopic (exact) mass is 336 g/mol. The molecule has 0 unspecified atom stereocenters. The van der Waals surface area contributed by atoms with Gasteiger partial charge in [0.15, 0.2) is 0 Å². The zero-order chi connectivity index (χ0) is 17.5. The molecule has 0 aliphatic carbocycles. The number of likely N-dealkylation sites (tertiary alicyclic amines) is 1. The molecule has 1 aromatic carbocycles. The van der Waals surface area contributed by atoms with E-state index in [1.54, 1.807) is 6.07 Å². The number of carbonyl (C=O) groups is 1. The Kier molecular flexibility index (Phi) is 7.18. The third-order valence-electron chi connectivity index (χ3n) is 5.05. The van der Waals surface area contributed by atoms with E-state index in [1.165, 1.54) is 20.0 Å². The highest BCUT2D eigenvalue weighted by atomic mass is 19.1. The summed E-state index contributed by atoms with van der Waals surface area (Å²) in [7, 11) is 1.31. The molecule has 4 nitrogen and oxygen atoms in total. The van der Waals surface area contributed by atoms with Crippen molar-refractivity contribution in [3.63, 3.8) is 0 Å². The Hall–Kier alpha value is -1.46. The molecule has 2 aliphatic rings. The smallest absolute Gasteiger partial charge is 0.292 e. The van der Waals surface area contributed by atoms with E-state index in [1.807, 2.05) is 0 Å². The summed E-state index contributed by atoms with van der Waals surface area (Å²) in [5.74, 6) is 1.32. The second-order valence-electron chi connectivity index (χ2n) is 6.94. The van der Waals surface area contributed by atoms with Crippen LogP contribution in [0.3, 0.4) is 0 Å². The topological polar surface area (TPSA) is 41.6 Å². The minimum absolute atomic E-state index is 0.00878. The van der Waals surface area contributed by atoms with Gasteiger partial charge in [-0.1, -0.05) is 13.0 Å². The van der Waals surface area contributed by atoms with Crippen molar-refractivity contribution in [1.82, 2.24) is 10.2 Å². The maximum absolute atomic E-state index is 14.4. The zero-order valence-corrected chi connectivity index (χ0v) is 15.0. The van der Waals surface area contributed by atoms with E-state index >= 15 is 0 Å². The molecule has 134 valence electrons. The molecule has 0 bridgehead atoms. The van der Waals surface area contributed by atoms with E-state index in [0.29, 0.717) is 12.4 Å². The molecule has 1 N–H and O–H groups in total. The predicted molar refractivity (Wildman–Crippen MR) is 93.5 cm³/mol. The molecule has 2 heterocycles. The fraction of sp³-hybridized carbons (Fsp3) is 0.632. The van der Waals surface area contributed by atoms with Gasteiger partial charge in [0, 0.05) is 31.1 Å². The van der Waals surface area contributed by atoms with Gasteiger partial charge in [-0.25, -0.2) is 4.39 Å². The number of hydrogen-bond donors (Lipinski definition) is 1. The van der Waals surface area contributed by atoms with Gasteiger partial charge in [0.1, 0.15) is 5.82 Å². The lowest BCUT2D eigenvalue weighted by atomic mass is 9.90. The Morgan fingerprint density at radius 2 is 1.96 bits per heavy atom. The van der Waals surface area contributed by atoms with Crippen molar-refractivity contribution in [2.45, 2.75) is 39.2 Å². The number of piperidine rings is 1. The van der Waals surface area contributed by atoms with Crippen LogP contribution in [-0.2, 0) is 16.1 Å². The molecule has 1 aromatic rings. The molecule has 2 aliphatic heterocycles. The van der Waals surface area contributed by atoms with Crippen molar-refractivity contribution >= 4 is 6.47 Å². The molecule has 0 saturated carbocycles. The first-order valence-electron chi connectivity index (χ1n) is 8.73. The van der Waals surface area contributed by atoms with E-state index in [9.17, 15) is 4.39 Å². The maximum Gasteiger partial charge on any atom is 0.292 e. The molecule has 2 fully saturated rings. The van der Waals surface area contributed by atoms with Crippen LogP contribution in [0.25, 0.3) is 0 Å². The van der Waals surface area contributed by atoms with E-state index in [4.69, 9.17) is 4.79 Å². The van der Waals surface area contributed by atoms with E-state index in [-0.39, 0.29) is 5.82 Å². The quantitative estimate of drug-likeness (QED) is 0.859. The first kappa shape index (κ1) is 18.9. The zero-order valence-electron chi connectivity index (χ0n) is 15.0. The molecule has 0 spiro atoms. The van der Waals surface area contributed by atoms with Crippen LogP contribution in [0.15, 0.2) is 12.1 Å². The highest BCUT2D eigenvalue weighted by molar-refractivity contribution is 5.36. The highest BCUT2D eigenvalue weighted by Gasteiger charge is 2.22. The van der Waals surface area contributed by atoms with Crippen LogP contribution < -0.4 is 5.32 Å². The summed E-state index contributed by atoms with van der Waals surface area (Å²) < 4.78 is 18.3. The third kappa shape index (κ3) is 5.02. The average molecular weight is 336 g/mol. The molecule has 0 radical (unpaired) electrons. The number of ether oxygens (including phenoxy) is 1. The lowest BCUT2D eigenvalue weighted by molar-refractivity contribution is -0.126. The Morgan fingerprint density at radius 3 is 2.42 bits per heavy atom. The second-order valence-corrected chi connectivity index (χ2v) is 6.94. The Morgan fingerprint density at radius 1 is 1.33 bits per heavy atom. The average Bonchev–Trinajstić information content (AvgIpc) is 2.51. The first-order chi connectivity index (χ1) is 11.5. The molecular formula is C19H29FN2O2. The number of hydrogen-bond acceptors (Lipinski definition) is 4. The van der Waals surface area contributed by atoms with Gasteiger partial charge >= 0.3 is 0 Å². The van der Waals surface area contributed by atoms with Gasteiger partial charge in [0.25, 0.3) is 6.47 Å². The second kappa shape index (κ2) is 9.14. The highest BCUT2D eigenvalue weighted by Crippen LogP contribution is 2.26. The number of benzene rings is 1. The van der Waals surface area contributed by atoms with Crippen LogP contribution in [0, 0.1) is 18.7 Å². The van der Waals surface area contributed by atoms with Crippen molar-refractivity contribution in [2.24, 2.45) is 5.92 Å². The summed E-state index contributed by atoms with van der Waals surface area (Å²) in [6, 6.07) is 3.96. The number of nitrogens with one attached hydrogen (secondary N) is 1. The summed E-state index contributed by atoms with van der Waals surface area (Å²) >= 11 is 0. The first-order valence-corrected chi connectivity index (χ1v) is 8.73. The Balaban J connectivity index is 0.000000471. The number of nitrogens with zero attached hydrogens (tertiary/aromatic N) is 1. The molecule has 2 saturated heterocycles. The van der Waals surface area contributed by atoms with Gasteiger partial charge in [0.2, 0.25) is 0 Å². The minimum Gasteiger partial charge on any atom is -0.471 e. The van der Waals surface area contributed by atoms with E-state index in [2.05, 4.69) is 34.9 Å². The van der Waals surface area contributed by atoms with Crippen LogP contribution in [0.2, 0.25) is 0 Å². The van der Waals surface area contributed by atoms with Crippen molar-refractivity contribution < 1.29 is 13.9 Å². The van der Waals surface area contributed by atoms with E-state index < -0.39 is 0 Å². The Labute approximate surface area is 144 Å². The summed E-state index contributed by atoms with van der Waals surface area (Å²) in [5.41, 5.74) is 3.18. The summed E-state index contributed by atoms with van der Waals surface area (Å²) in [4.78, 5) is 11.4. The van der Waals surface area contributed by atoms with Crippen molar-refractivity contribution in [2.75, 3.05) is 33.3 Å². The van der Waals surface area contributed by atoms with Gasteiger partial charge in [-0.15, -0.1) is 0 Å². The number of carbonyl (C=O) groups excluding carboxylic acids is 1. The summed E-state index contributed by atoms with van der Waals surface area (Å²) in [5, 5.41) is 3.25. The number of halogens is 1. The molecule has 0 atom stereocenters. The van der Waals surface area contributed by atoms with Crippen molar-refractivity contribution in [3.8, 4) is 0 Å². The predicted octanol–water partition coefficient (Wildman–Crippen LogP) is 2.84.